The summed E-state index contributed by atoms with van der Waals surface area (Å²) in [6.45, 7) is 4.03. The highest BCUT2D eigenvalue weighted by molar-refractivity contribution is 5.16. The second kappa shape index (κ2) is 5.00. The smallest absolute Gasteiger partial charge is 0.106 e. The Morgan fingerprint density at radius 3 is 2.46 bits per heavy atom. The van der Waals surface area contributed by atoms with Crippen LogP contribution in [0.15, 0.2) is 30.3 Å². The summed E-state index contributed by atoms with van der Waals surface area (Å²) >= 11 is 0. The molecule has 72 valence electrons. The molecule has 1 aromatic rings. The molecule has 2 unspecified atom stereocenters. The molecule has 0 spiro atoms. The Kier molecular flexibility index (Phi) is 3.93. The van der Waals surface area contributed by atoms with Gasteiger partial charge in [0.25, 0.3) is 0 Å². The van der Waals surface area contributed by atoms with Gasteiger partial charge in [-0.1, -0.05) is 37.3 Å². The number of hydrogen-bond donors (Lipinski definition) is 1. The molecule has 2 heteroatoms. The molecule has 1 rings (SSSR count). The van der Waals surface area contributed by atoms with Crippen LogP contribution in [0.1, 0.15) is 31.9 Å². The minimum absolute atomic E-state index is 0.0798. The maximum atomic E-state index is 5.69. The molecule has 0 radical (unpaired) electrons. The van der Waals surface area contributed by atoms with Crippen LogP contribution in [-0.4, -0.2) is 6.23 Å². The van der Waals surface area contributed by atoms with E-state index >= 15 is 0 Å². The number of hydrogen-bond acceptors (Lipinski definition) is 2. The van der Waals surface area contributed by atoms with Crippen molar-refractivity contribution in [2.75, 3.05) is 0 Å². The van der Waals surface area contributed by atoms with Gasteiger partial charge in [-0.15, -0.1) is 0 Å². The summed E-state index contributed by atoms with van der Waals surface area (Å²) in [6.07, 6.45) is 0.767. The highest BCUT2D eigenvalue weighted by atomic mass is 16.5. The van der Waals surface area contributed by atoms with Gasteiger partial charge in [-0.2, -0.15) is 0 Å². The minimum atomic E-state index is -0.157. The Bertz CT molecular complexity index is 235. The lowest BCUT2D eigenvalue weighted by molar-refractivity contribution is -0.00154. The quantitative estimate of drug-likeness (QED) is 0.720. The van der Waals surface area contributed by atoms with Gasteiger partial charge in [-0.05, 0) is 18.9 Å². The van der Waals surface area contributed by atoms with Crippen LogP contribution in [0.2, 0.25) is 0 Å². The topological polar surface area (TPSA) is 35.2 Å². The van der Waals surface area contributed by atoms with Gasteiger partial charge in [-0.25, -0.2) is 0 Å². The molecule has 0 aliphatic rings. The van der Waals surface area contributed by atoms with E-state index < -0.39 is 0 Å². The molecule has 2 N–H and O–H groups in total. The van der Waals surface area contributed by atoms with Gasteiger partial charge >= 0.3 is 0 Å². The summed E-state index contributed by atoms with van der Waals surface area (Å²) in [6, 6.07) is 10.1. The third kappa shape index (κ3) is 3.17. The fraction of sp³-hybridized carbons (Fsp3) is 0.455. The van der Waals surface area contributed by atoms with Crippen LogP contribution in [-0.2, 0) is 4.74 Å². The van der Waals surface area contributed by atoms with Crippen molar-refractivity contribution in [3.63, 3.8) is 0 Å². The van der Waals surface area contributed by atoms with Crippen LogP contribution < -0.4 is 5.73 Å². The zero-order chi connectivity index (χ0) is 9.68. The Morgan fingerprint density at radius 2 is 1.92 bits per heavy atom. The Labute approximate surface area is 79.7 Å². The molecule has 2 atom stereocenters. The zero-order valence-electron chi connectivity index (χ0n) is 8.23. The Morgan fingerprint density at radius 1 is 1.31 bits per heavy atom. The van der Waals surface area contributed by atoms with Crippen LogP contribution >= 0.6 is 0 Å². The van der Waals surface area contributed by atoms with Crippen LogP contribution in [0.5, 0.6) is 0 Å². The normalized spacial score (nSPS) is 15.3. The predicted octanol–water partition coefficient (Wildman–Crippen LogP) is 2.46. The molecule has 0 fully saturated rings. The van der Waals surface area contributed by atoms with E-state index in [1.54, 1.807) is 0 Å². The summed E-state index contributed by atoms with van der Waals surface area (Å²) in [5.74, 6) is 0. The van der Waals surface area contributed by atoms with Crippen molar-refractivity contribution >= 4 is 0 Å². The molecular formula is C11H17NO. The maximum absolute atomic E-state index is 5.69. The fourth-order valence-electron chi connectivity index (χ4n) is 1.16. The molecule has 0 amide bonds. The predicted molar refractivity (Wildman–Crippen MR) is 54.2 cm³/mol. The fourth-order valence-corrected chi connectivity index (χ4v) is 1.16. The van der Waals surface area contributed by atoms with Crippen LogP contribution in [0.4, 0.5) is 0 Å². The first-order chi connectivity index (χ1) is 6.24. The molecule has 0 saturated carbocycles. The average Bonchev–Trinajstić information content (AvgIpc) is 2.19. The van der Waals surface area contributed by atoms with Crippen LogP contribution in [0.3, 0.4) is 0 Å². The van der Waals surface area contributed by atoms with Crippen molar-refractivity contribution in [2.45, 2.75) is 32.6 Å². The van der Waals surface area contributed by atoms with E-state index in [-0.39, 0.29) is 12.3 Å². The monoisotopic (exact) mass is 179 g/mol. The largest absolute Gasteiger partial charge is 0.356 e. The maximum Gasteiger partial charge on any atom is 0.106 e. The lowest BCUT2D eigenvalue weighted by Crippen LogP contribution is -2.24. The molecule has 13 heavy (non-hydrogen) atoms. The molecule has 0 saturated heterocycles. The highest BCUT2D eigenvalue weighted by Crippen LogP contribution is 2.17. The van der Waals surface area contributed by atoms with E-state index in [1.165, 1.54) is 5.56 Å². The zero-order valence-corrected chi connectivity index (χ0v) is 8.23. The van der Waals surface area contributed by atoms with Gasteiger partial charge in [0.15, 0.2) is 0 Å². The van der Waals surface area contributed by atoms with Gasteiger partial charge in [0.2, 0.25) is 0 Å². The Balaban J connectivity index is 2.53. The molecule has 2 nitrogen and oxygen atoms in total. The van der Waals surface area contributed by atoms with Gasteiger partial charge in [0.05, 0.1) is 6.10 Å². The van der Waals surface area contributed by atoms with Crippen LogP contribution in [0.25, 0.3) is 0 Å². The number of ether oxygens (including phenoxy) is 1. The second-order valence-electron chi connectivity index (χ2n) is 3.14. The first kappa shape index (κ1) is 10.2. The lowest BCUT2D eigenvalue weighted by Gasteiger charge is -2.17. The van der Waals surface area contributed by atoms with Crippen molar-refractivity contribution in [3.05, 3.63) is 35.9 Å². The molecule has 1 aromatic carbocycles. The Hall–Kier alpha value is -0.860. The third-order valence-electron chi connectivity index (χ3n) is 2.05. The summed E-state index contributed by atoms with van der Waals surface area (Å²) in [5, 5.41) is 0. The minimum Gasteiger partial charge on any atom is -0.356 e. The van der Waals surface area contributed by atoms with Gasteiger partial charge in [-0.3, -0.25) is 0 Å². The molecule has 0 bridgehead atoms. The number of nitrogens with two attached hydrogens (primary N) is 1. The van der Waals surface area contributed by atoms with Crippen molar-refractivity contribution in [3.8, 4) is 0 Å². The van der Waals surface area contributed by atoms with Crippen molar-refractivity contribution in [2.24, 2.45) is 5.73 Å². The van der Waals surface area contributed by atoms with E-state index in [9.17, 15) is 0 Å². The van der Waals surface area contributed by atoms with Crippen molar-refractivity contribution in [1.82, 2.24) is 0 Å². The van der Waals surface area contributed by atoms with Crippen molar-refractivity contribution in [1.29, 1.82) is 0 Å². The molecule has 0 aromatic heterocycles. The van der Waals surface area contributed by atoms with Crippen LogP contribution in [0, 0.1) is 0 Å². The first-order valence-electron chi connectivity index (χ1n) is 4.70. The number of rotatable bonds is 4. The van der Waals surface area contributed by atoms with E-state index in [0.717, 1.165) is 6.42 Å². The van der Waals surface area contributed by atoms with E-state index in [1.807, 2.05) is 44.2 Å². The van der Waals surface area contributed by atoms with Gasteiger partial charge in [0, 0.05) is 0 Å². The summed E-state index contributed by atoms with van der Waals surface area (Å²) in [7, 11) is 0. The van der Waals surface area contributed by atoms with E-state index in [4.69, 9.17) is 10.5 Å². The van der Waals surface area contributed by atoms with E-state index in [2.05, 4.69) is 0 Å². The SMILES string of the molecule is CCC(N)OC(C)c1ccccc1. The standard InChI is InChI=1S/C11H17NO/c1-3-11(12)13-9(2)10-7-5-4-6-8-10/h4-9,11H,3,12H2,1-2H3. The molecule has 0 aliphatic heterocycles. The van der Waals surface area contributed by atoms with Gasteiger partial charge < -0.3 is 10.5 Å². The highest BCUT2D eigenvalue weighted by Gasteiger charge is 2.08. The molecule has 0 aliphatic carbocycles. The second-order valence-corrected chi connectivity index (χ2v) is 3.14. The molecule has 0 heterocycles. The molecular weight excluding hydrogens is 162 g/mol. The first-order valence-corrected chi connectivity index (χ1v) is 4.70. The average molecular weight is 179 g/mol. The summed E-state index contributed by atoms with van der Waals surface area (Å²) in [4.78, 5) is 0. The number of benzene rings is 1. The lowest BCUT2D eigenvalue weighted by atomic mass is 10.1. The van der Waals surface area contributed by atoms with Gasteiger partial charge in [0.1, 0.15) is 6.23 Å². The summed E-state index contributed by atoms with van der Waals surface area (Å²) < 4.78 is 5.56. The van der Waals surface area contributed by atoms with Crippen molar-refractivity contribution < 1.29 is 4.74 Å². The third-order valence-corrected chi connectivity index (χ3v) is 2.05. The summed E-state index contributed by atoms with van der Waals surface area (Å²) in [5.41, 5.74) is 6.86. The van der Waals surface area contributed by atoms with E-state index in [0.29, 0.717) is 0 Å².